The molecule has 1 amide bonds. The van der Waals surface area contributed by atoms with Crippen molar-refractivity contribution in [2.24, 2.45) is 5.73 Å². The lowest BCUT2D eigenvalue weighted by Crippen LogP contribution is -2.30. The van der Waals surface area contributed by atoms with E-state index < -0.39 is 0 Å². The highest BCUT2D eigenvalue weighted by Gasteiger charge is 2.05. The summed E-state index contributed by atoms with van der Waals surface area (Å²) in [6, 6.07) is 14.5. The predicted molar refractivity (Wildman–Crippen MR) is 83.5 cm³/mol. The van der Waals surface area contributed by atoms with Crippen molar-refractivity contribution in [3.63, 3.8) is 0 Å². The summed E-state index contributed by atoms with van der Waals surface area (Å²) in [5.74, 6) is 0.0589. The molecule has 2 aromatic carbocycles. The number of hydrogen-bond donors (Lipinski definition) is 2. The number of carbonyl (C=O) groups excluding carboxylic acids is 1. The number of nitrogens with two attached hydrogens (primary N) is 1. The monoisotopic (exact) mass is 270 g/mol. The molecule has 0 fully saturated rings. The van der Waals surface area contributed by atoms with Crippen LogP contribution in [-0.4, -0.2) is 18.5 Å². The van der Waals surface area contributed by atoms with Gasteiger partial charge in [0, 0.05) is 12.6 Å². The van der Waals surface area contributed by atoms with Crippen LogP contribution in [0.1, 0.15) is 25.3 Å². The zero-order chi connectivity index (χ0) is 14.4. The molecule has 0 bridgehead atoms. The highest BCUT2D eigenvalue weighted by atomic mass is 16.1. The van der Waals surface area contributed by atoms with E-state index in [-0.39, 0.29) is 11.9 Å². The largest absolute Gasteiger partial charge is 0.356 e. The Morgan fingerprint density at radius 1 is 1.20 bits per heavy atom. The summed E-state index contributed by atoms with van der Waals surface area (Å²) < 4.78 is 0. The lowest BCUT2D eigenvalue weighted by atomic mass is 10.0. The molecule has 3 nitrogen and oxygen atoms in total. The fraction of sp³-hybridized carbons (Fsp3) is 0.353. The molecule has 0 spiro atoms. The van der Waals surface area contributed by atoms with Crippen LogP contribution in [0.25, 0.3) is 10.8 Å². The Balaban J connectivity index is 1.89. The Kier molecular flexibility index (Phi) is 5.13. The third-order valence-electron chi connectivity index (χ3n) is 3.54. The van der Waals surface area contributed by atoms with Gasteiger partial charge in [-0.1, -0.05) is 49.4 Å². The second-order valence-electron chi connectivity index (χ2n) is 5.17. The van der Waals surface area contributed by atoms with Gasteiger partial charge in [0.1, 0.15) is 0 Å². The molecule has 0 aromatic heterocycles. The molecule has 0 heterocycles. The molecule has 106 valence electrons. The number of amides is 1. The van der Waals surface area contributed by atoms with Gasteiger partial charge in [-0.05, 0) is 29.2 Å². The van der Waals surface area contributed by atoms with Gasteiger partial charge in [-0.3, -0.25) is 4.79 Å². The molecular weight excluding hydrogens is 248 g/mol. The van der Waals surface area contributed by atoms with Gasteiger partial charge in [0.25, 0.3) is 0 Å². The maximum atomic E-state index is 11.9. The second-order valence-corrected chi connectivity index (χ2v) is 5.17. The Morgan fingerprint density at radius 2 is 1.95 bits per heavy atom. The molecule has 0 aliphatic rings. The number of carbonyl (C=O) groups is 1. The number of rotatable bonds is 6. The van der Waals surface area contributed by atoms with Gasteiger partial charge in [-0.2, -0.15) is 0 Å². The summed E-state index contributed by atoms with van der Waals surface area (Å²) in [4.78, 5) is 11.9. The van der Waals surface area contributed by atoms with Crippen LogP contribution >= 0.6 is 0 Å². The smallest absolute Gasteiger partial charge is 0.224 e. The summed E-state index contributed by atoms with van der Waals surface area (Å²) in [6.07, 6.45) is 2.20. The highest BCUT2D eigenvalue weighted by Crippen LogP contribution is 2.15. The quantitative estimate of drug-likeness (QED) is 0.847. The van der Waals surface area contributed by atoms with Crippen LogP contribution in [0.3, 0.4) is 0 Å². The third-order valence-corrected chi connectivity index (χ3v) is 3.54. The molecule has 0 saturated carbocycles. The number of fused-ring (bicyclic) bond motifs is 1. The van der Waals surface area contributed by atoms with Gasteiger partial charge >= 0.3 is 0 Å². The number of nitrogens with one attached hydrogen (secondary N) is 1. The minimum absolute atomic E-state index is 0.0589. The molecule has 0 radical (unpaired) electrons. The minimum Gasteiger partial charge on any atom is -0.356 e. The molecule has 2 aromatic rings. The van der Waals surface area contributed by atoms with Crippen molar-refractivity contribution < 1.29 is 4.79 Å². The Hall–Kier alpha value is -1.87. The normalized spacial score (nSPS) is 12.3. The molecule has 20 heavy (non-hydrogen) atoms. The maximum Gasteiger partial charge on any atom is 0.224 e. The van der Waals surface area contributed by atoms with E-state index in [4.69, 9.17) is 5.73 Å². The molecule has 1 atom stereocenters. The van der Waals surface area contributed by atoms with Crippen molar-refractivity contribution in [3.8, 4) is 0 Å². The van der Waals surface area contributed by atoms with E-state index in [1.807, 2.05) is 18.2 Å². The lowest BCUT2D eigenvalue weighted by Gasteiger charge is -2.10. The highest BCUT2D eigenvalue weighted by molar-refractivity contribution is 5.85. The molecular formula is C17H22N2O. The van der Waals surface area contributed by atoms with Crippen LogP contribution in [0, 0.1) is 0 Å². The molecule has 0 saturated heterocycles. The lowest BCUT2D eigenvalue weighted by molar-refractivity contribution is -0.120. The molecule has 3 N–H and O–H groups in total. The van der Waals surface area contributed by atoms with E-state index in [9.17, 15) is 4.79 Å². The van der Waals surface area contributed by atoms with Gasteiger partial charge in [0.05, 0.1) is 6.42 Å². The molecule has 2 rings (SSSR count). The van der Waals surface area contributed by atoms with Crippen molar-refractivity contribution >= 4 is 16.7 Å². The topological polar surface area (TPSA) is 55.1 Å². The summed E-state index contributed by atoms with van der Waals surface area (Å²) in [5.41, 5.74) is 6.87. The van der Waals surface area contributed by atoms with Gasteiger partial charge < -0.3 is 11.1 Å². The summed E-state index contributed by atoms with van der Waals surface area (Å²) in [7, 11) is 0. The van der Waals surface area contributed by atoms with E-state index in [0.29, 0.717) is 13.0 Å². The van der Waals surface area contributed by atoms with Crippen molar-refractivity contribution in [1.82, 2.24) is 5.32 Å². The van der Waals surface area contributed by atoms with E-state index in [1.54, 1.807) is 0 Å². The average molecular weight is 270 g/mol. The van der Waals surface area contributed by atoms with Crippen molar-refractivity contribution in [2.45, 2.75) is 32.2 Å². The van der Waals surface area contributed by atoms with Crippen molar-refractivity contribution in [2.75, 3.05) is 6.54 Å². The van der Waals surface area contributed by atoms with Gasteiger partial charge in [-0.25, -0.2) is 0 Å². The zero-order valence-electron chi connectivity index (χ0n) is 11.9. The first-order chi connectivity index (χ1) is 9.69. The SMILES string of the molecule is CCC(N)CCNC(=O)Cc1ccc2ccccc2c1. The standard InChI is InChI=1S/C17H22N2O/c1-2-16(18)9-10-19-17(20)12-13-7-8-14-5-3-4-6-15(14)11-13/h3-8,11,16H,2,9-10,12,18H2,1H3,(H,19,20). The summed E-state index contributed by atoms with van der Waals surface area (Å²) in [6.45, 7) is 2.71. The summed E-state index contributed by atoms with van der Waals surface area (Å²) in [5, 5.41) is 5.30. The van der Waals surface area contributed by atoms with E-state index in [2.05, 4.69) is 36.5 Å². The molecule has 3 heteroatoms. The Bertz CT molecular complexity index is 580. The van der Waals surface area contributed by atoms with Crippen molar-refractivity contribution in [1.29, 1.82) is 0 Å². The first-order valence-electron chi connectivity index (χ1n) is 7.19. The summed E-state index contributed by atoms with van der Waals surface area (Å²) >= 11 is 0. The number of benzene rings is 2. The second kappa shape index (κ2) is 7.06. The van der Waals surface area contributed by atoms with Crippen LogP contribution in [0.15, 0.2) is 42.5 Å². The van der Waals surface area contributed by atoms with Crippen LogP contribution < -0.4 is 11.1 Å². The van der Waals surface area contributed by atoms with E-state index in [0.717, 1.165) is 18.4 Å². The first kappa shape index (κ1) is 14.5. The average Bonchev–Trinajstić information content (AvgIpc) is 2.47. The minimum atomic E-state index is 0.0589. The Labute approximate surface area is 120 Å². The van der Waals surface area contributed by atoms with Crippen LogP contribution in [0.2, 0.25) is 0 Å². The zero-order valence-corrected chi connectivity index (χ0v) is 11.9. The van der Waals surface area contributed by atoms with Crippen molar-refractivity contribution in [3.05, 3.63) is 48.0 Å². The molecule has 1 unspecified atom stereocenters. The Morgan fingerprint density at radius 3 is 2.70 bits per heavy atom. The first-order valence-corrected chi connectivity index (χ1v) is 7.19. The maximum absolute atomic E-state index is 11.9. The van der Waals surface area contributed by atoms with E-state index in [1.165, 1.54) is 10.8 Å². The fourth-order valence-electron chi connectivity index (χ4n) is 2.20. The van der Waals surface area contributed by atoms with Gasteiger partial charge in [0.2, 0.25) is 5.91 Å². The fourth-order valence-corrected chi connectivity index (χ4v) is 2.20. The van der Waals surface area contributed by atoms with Crippen LogP contribution in [-0.2, 0) is 11.2 Å². The van der Waals surface area contributed by atoms with Crippen LogP contribution in [0.5, 0.6) is 0 Å². The van der Waals surface area contributed by atoms with E-state index >= 15 is 0 Å². The predicted octanol–water partition coefficient (Wildman–Crippen LogP) is 2.63. The molecule has 0 aliphatic carbocycles. The number of hydrogen-bond acceptors (Lipinski definition) is 2. The van der Waals surface area contributed by atoms with Gasteiger partial charge in [-0.15, -0.1) is 0 Å². The van der Waals surface area contributed by atoms with Gasteiger partial charge in [0.15, 0.2) is 0 Å². The molecule has 0 aliphatic heterocycles. The van der Waals surface area contributed by atoms with Crippen LogP contribution in [0.4, 0.5) is 0 Å². The third kappa shape index (κ3) is 4.07.